The first-order valence-corrected chi connectivity index (χ1v) is 5.21. The predicted molar refractivity (Wildman–Crippen MR) is 66.6 cm³/mol. The summed E-state index contributed by atoms with van der Waals surface area (Å²) in [5, 5.41) is 0. The second kappa shape index (κ2) is 5.25. The van der Waals surface area contributed by atoms with Crippen LogP contribution in [0.5, 0.6) is 5.75 Å². The molecule has 0 aliphatic rings. The molecule has 0 fully saturated rings. The van der Waals surface area contributed by atoms with Gasteiger partial charge >= 0.3 is 0 Å². The van der Waals surface area contributed by atoms with Gasteiger partial charge in [0, 0.05) is 6.21 Å². The van der Waals surface area contributed by atoms with E-state index < -0.39 is 0 Å². The third kappa shape index (κ3) is 3.14. The Labute approximate surface area is 99.4 Å². The number of benzene rings is 2. The van der Waals surface area contributed by atoms with Gasteiger partial charge in [-0.3, -0.25) is 4.99 Å². The highest BCUT2D eigenvalue weighted by molar-refractivity contribution is 5.81. The Morgan fingerprint density at radius 1 is 1.00 bits per heavy atom. The predicted octanol–water partition coefficient (Wildman–Crippen LogP) is 3.58. The summed E-state index contributed by atoms with van der Waals surface area (Å²) >= 11 is 0. The van der Waals surface area contributed by atoms with Crippen LogP contribution in [0.15, 0.2) is 53.5 Å². The van der Waals surface area contributed by atoms with Gasteiger partial charge in [-0.2, -0.15) is 0 Å². The van der Waals surface area contributed by atoms with E-state index >= 15 is 0 Å². The highest BCUT2D eigenvalue weighted by atomic mass is 19.1. The molecular weight excluding hydrogens is 217 g/mol. The van der Waals surface area contributed by atoms with Crippen LogP contribution >= 0.6 is 0 Å². The number of methoxy groups -OCH3 is 1. The van der Waals surface area contributed by atoms with Crippen molar-refractivity contribution >= 4 is 11.9 Å². The van der Waals surface area contributed by atoms with Gasteiger partial charge in [0.2, 0.25) is 0 Å². The summed E-state index contributed by atoms with van der Waals surface area (Å²) in [5.41, 5.74) is 1.69. The van der Waals surface area contributed by atoms with Crippen molar-refractivity contribution in [1.29, 1.82) is 0 Å². The third-order valence-electron chi connectivity index (χ3n) is 2.31. The van der Waals surface area contributed by atoms with Gasteiger partial charge < -0.3 is 4.74 Å². The molecule has 0 heterocycles. The van der Waals surface area contributed by atoms with Crippen LogP contribution in [0.1, 0.15) is 5.56 Å². The molecule has 0 amide bonds. The molecule has 0 unspecified atom stereocenters. The van der Waals surface area contributed by atoms with Crippen LogP contribution in [0.2, 0.25) is 0 Å². The van der Waals surface area contributed by atoms with Crippen LogP contribution in [0.4, 0.5) is 10.1 Å². The number of halogens is 1. The normalized spacial score (nSPS) is 10.7. The summed E-state index contributed by atoms with van der Waals surface area (Å²) in [6.07, 6.45) is 1.70. The Morgan fingerprint density at radius 3 is 2.24 bits per heavy atom. The zero-order valence-electron chi connectivity index (χ0n) is 9.43. The molecule has 0 aliphatic carbocycles. The van der Waals surface area contributed by atoms with Gasteiger partial charge in [-0.15, -0.1) is 0 Å². The first kappa shape index (κ1) is 11.3. The summed E-state index contributed by atoms with van der Waals surface area (Å²) in [6, 6.07) is 13.6. The van der Waals surface area contributed by atoms with Crippen molar-refractivity contribution in [3.8, 4) is 5.75 Å². The average molecular weight is 229 g/mol. The lowest BCUT2D eigenvalue weighted by molar-refractivity contribution is 0.415. The second-order valence-electron chi connectivity index (χ2n) is 3.51. The number of rotatable bonds is 3. The fraction of sp³-hybridized carbons (Fsp3) is 0.0714. The summed E-state index contributed by atoms with van der Waals surface area (Å²) in [5.74, 6) is 0.553. The smallest absolute Gasteiger partial charge is 0.123 e. The zero-order valence-corrected chi connectivity index (χ0v) is 9.43. The molecule has 0 spiro atoms. The van der Waals surface area contributed by atoms with Crippen LogP contribution in [0, 0.1) is 5.82 Å². The highest BCUT2D eigenvalue weighted by Gasteiger charge is 1.92. The molecular formula is C14H12FNO. The van der Waals surface area contributed by atoms with Gasteiger partial charge in [-0.25, -0.2) is 4.39 Å². The number of nitrogens with zero attached hydrogens (tertiary/aromatic N) is 1. The third-order valence-corrected chi connectivity index (χ3v) is 2.31. The minimum absolute atomic E-state index is 0.244. The largest absolute Gasteiger partial charge is 0.497 e. The van der Waals surface area contributed by atoms with Crippen molar-refractivity contribution in [1.82, 2.24) is 0 Å². The maximum absolute atomic E-state index is 12.7. The molecule has 2 rings (SSSR count). The average Bonchev–Trinajstić information content (AvgIpc) is 2.39. The molecule has 0 aromatic heterocycles. The van der Waals surface area contributed by atoms with E-state index in [4.69, 9.17) is 4.74 Å². The Bertz CT molecular complexity index is 503. The summed E-state index contributed by atoms with van der Waals surface area (Å²) in [6.45, 7) is 0. The molecule has 0 atom stereocenters. The van der Waals surface area contributed by atoms with E-state index in [2.05, 4.69) is 4.99 Å². The number of hydrogen-bond donors (Lipinski definition) is 0. The Morgan fingerprint density at radius 2 is 1.65 bits per heavy atom. The van der Waals surface area contributed by atoms with Gasteiger partial charge in [0.15, 0.2) is 0 Å². The molecule has 2 nitrogen and oxygen atoms in total. The molecule has 0 aliphatic heterocycles. The number of aliphatic imine (C=N–C) groups is 1. The van der Waals surface area contributed by atoms with Crippen molar-refractivity contribution in [3.63, 3.8) is 0 Å². The minimum Gasteiger partial charge on any atom is -0.497 e. The Hall–Kier alpha value is -2.16. The maximum Gasteiger partial charge on any atom is 0.123 e. The van der Waals surface area contributed by atoms with E-state index in [9.17, 15) is 4.39 Å². The van der Waals surface area contributed by atoms with Crippen LogP contribution in [0.25, 0.3) is 0 Å². The Balaban J connectivity index is 2.11. The molecule has 86 valence electrons. The van der Waals surface area contributed by atoms with Gasteiger partial charge in [-0.1, -0.05) is 12.1 Å². The first-order valence-electron chi connectivity index (χ1n) is 5.21. The molecule has 0 radical (unpaired) electrons. The highest BCUT2D eigenvalue weighted by Crippen LogP contribution is 2.17. The van der Waals surface area contributed by atoms with E-state index in [1.54, 1.807) is 25.5 Å². The van der Waals surface area contributed by atoms with E-state index in [1.165, 1.54) is 12.1 Å². The Kier molecular flexibility index (Phi) is 3.50. The molecule has 17 heavy (non-hydrogen) atoms. The van der Waals surface area contributed by atoms with Crippen molar-refractivity contribution in [2.24, 2.45) is 4.99 Å². The van der Waals surface area contributed by atoms with Crippen LogP contribution < -0.4 is 4.74 Å². The quantitative estimate of drug-likeness (QED) is 0.737. The molecule has 0 bridgehead atoms. The lowest BCUT2D eigenvalue weighted by Crippen LogP contribution is -1.82. The molecule has 3 heteroatoms. The lowest BCUT2D eigenvalue weighted by Gasteiger charge is -1.98. The minimum atomic E-state index is -0.244. The van der Waals surface area contributed by atoms with Crippen molar-refractivity contribution in [2.75, 3.05) is 7.11 Å². The SMILES string of the molecule is COc1ccc(N=Cc2ccc(F)cc2)cc1. The van der Waals surface area contributed by atoms with Gasteiger partial charge in [0.05, 0.1) is 12.8 Å². The molecule has 0 saturated heterocycles. The molecule has 0 saturated carbocycles. The van der Waals surface area contributed by atoms with Crippen LogP contribution in [0.3, 0.4) is 0 Å². The number of ether oxygens (including phenoxy) is 1. The molecule has 2 aromatic carbocycles. The van der Waals surface area contributed by atoms with Crippen LogP contribution in [-0.4, -0.2) is 13.3 Å². The van der Waals surface area contributed by atoms with Crippen molar-refractivity contribution < 1.29 is 9.13 Å². The zero-order chi connectivity index (χ0) is 12.1. The van der Waals surface area contributed by atoms with E-state index in [1.807, 2.05) is 24.3 Å². The lowest BCUT2D eigenvalue weighted by atomic mass is 10.2. The maximum atomic E-state index is 12.7. The van der Waals surface area contributed by atoms with Crippen molar-refractivity contribution in [2.45, 2.75) is 0 Å². The monoisotopic (exact) mass is 229 g/mol. The van der Waals surface area contributed by atoms with Crippen molar-refractivity contribution in [3.05, 3.63) is 59.9 Å². The topological polar surface area (TPSA) is 21.6 Å². The second-order valence-corrected chi connectivity index (χ2v) is 3.51. The molecule has 2 aromatic rings. The summed E-state index contributed by atoms with van der Waals surface area (Å²) in [4.78, 5) is 4.28. The van der Waals surface area contributed by atoms with Crippen LogP contribution in [-0.2, 0) is 0 Å². The first-order chi connectivity index (χ1) is 8.28. The van der Waals surface area contributed by atoms with E-state index in [0.29, 0.717) is 0 Å². The fourth-order valence-electron chi connectivity index (χ4n) is 1.37. The van der Waals surface area contributed by atoms with Gasteiger partial charge in [0.1, 0.15) is 11.6 Å². The summed E-state index contributed by atoms with van der Waals surface area (Å²) in [7, 11) is 1.62. The molecule has 0 N–H and O–H groups in total. The van der Waals surface area contributed by atoms with E-state index in [0.717, 1.165) is 17.0 Å². The van der Waals surface area contributed by atoms with Gasteiger partial charge in [-0.05, 0) is 42.0 Å². The van der Waals surface area contributed by atoms with Gasteiger partial charge in [0.25, 0.3) is 0 Å². The number of hydrogen-bond acceptors (Lipinski definition) is 2. The summed E-state index contributed by atoms with van der Waals surface area (Å²) < 4.78 is 17.7. The standard InChI is InChI=1S/C14H12FNO/c1-17-14-8-6-13(7-9-14)16-10-11-2-4-12(15)5-3-11/h2-10H,1H3. The fourth-order valence-corrected chi connectivity index (χ4v) is 1.37. The van der Waals surface area contributed by atoms with E-state index in [-0.39, 0.29) is 5.82 Å².